The molecule has 2 rings (SSSR count). The molecule has 0 aliphatic rings. The second-order valence-corrected chi connectivity index (χ2v) is 7.21. The molecule has 0 spiro atoms. The number of nitrogens with two attached hydrogens (primary N) is 2. The Kier molecular flexibility index (Phi) is 8.62. The maximum Gasteiger partial charge on any atom is 0.352 e. The van der Waals surface area contributed by atoms with E-state index in [-0.39, 0.29) is 6.61 Å². The first-order valence-electron chi connectivity index (χ1n) is 10.2. The molecule has 0 unspecified atom stereocenters. The Morgan fingerprint density at radius 1 is 1.19 bits per heavy atom. The Morgan fingerprint density at radius 3 is 2.50 bits per heavy atom. The third-order valence-electron chi connectivity index (χ3n) is 4.79. The molecule has 0 atom stereocenters. The van der Waals surface area contributed by atoms with Gasteiger partial charge in [0.05, 0.1) is 23.6 Å². The number of hydrogen-bond acceptors (Lipinski definition) is 7. The molecule has 9 nitrogen and oxygen atoms in total. The fourth-order valence-electron chi connectivity index (χ4n) is 2.99. The monoisotopic (exact) mass is 440 g/mol. The summed E-state index contributed by atoms with van der Waals surface area (Å²) in [5.41, 5.74) is 4.01. The molecule has 2 amide bonds. The van der Waals surface area contributed by atoms with Crippen LogP contribution in [0, 0.1) is 12.3 Å². The van der Waals surface area contributed by atoms with E-state index in [4.69, 9.17) is 26.6 Å². The highest BCUT2D eigenvalue weighted by atomic mass is 16.5. The van der Waals surface area contributed by atoms with Gasteiger partial charge in [-0.05, 0) is 68.3 Å². The largest absolute Gasteiger partial charge is 0.493 e. The zero-order chi connectivity index (χ0) is 23.8. The van der Waals surface area contributed by atoms with Crippen molar-refractivity contribution < 1.29 is 14.3 Å². The molecule has 32 heavy (non-hydrogen) atoms. The summed E-state index contributed by atoms with van der Waals surface area (Å²) in [5.74, 6) is 12.8. The molecule has 0 aliphatic carbocycles. The van der Waals surface area contributed by atoms with Crippen LogP contribution in [0.3, 0.4) is 0 Å². The number of ether oxygens (including phenoxy) is 2. The highest BCUT2D eigenvalue weighted by Gasteiger charge is 2.21. The van der Waals surface area contributed by atoms with Crippen molar-refractivity contribution in [1.82, 2.24) is 10.3 Å². The molecular weight excluding hydrogens is 408 g/mol. The number of carbonyl (C=O) groups excluding carboxylic acids is 1. The number of urea groups is 1. The zero-order valence-corrected chi connectivity index (χ0v) is 19.2. The lowest BCUT2D eigenvalue weighted by Gasteiger charge is -2.24. The Hall–Kier alpha value is -3.56. The van der Waals surface area contributed by atoms with Crippen molar-refractivity contribution in [3.05, 3.63) is 64.9 Å². The molecule has 6 N–H and O–H groups in total. The van der Waals surface area contributed by atoms with Gasteiger partial charge in [0.15, 0.2) is 0 Å². The molecule has 2 aromatic carbocycles. The van der Waals surface area contributed by atoms with Crippen molar-refractivity contribution in [1.29, 1.82) is 5.41 Å². The van der Waals surface area contributed by atoms with Crippen molar-refractivity contribution in [3.63, 3.8) is 0 Å². The summed E-state index contributed by atoms with van der Waals surface area (Å²) in [7, 11) is 3.23. The molecule has 172 valence electrons. The van der Waals surface area contributed by atoms with Gasteiger partial charge in [0.25, 0.3) is 0 Å². The van der Waals surface area contributed by atoms with Crippen LogP contribution < -0.4 is 31.5 Å². The number of nitrogens with zero attached hydrogens (tertiary/aromatic N) is 2. The van der Waals surface area contributed by atoms with Gasteiger partial charge < -0.3 is 20.2 Å². The number of amides is 2. The van der Waals surface area contributed by atoms with E-state index >= 15 is 0 Å². The van der Waals surface area contributed by atoms with E-state index in [1.54, 1.807) is 24.3 Å². The van der Waals surface area contributed by atoms with E-state index in [0.29, 0.717) is 35.1 Å². The molecule has 9 heteroatoms. The molecule has 0 bridgehead atoms. The first-order valence-corrected chi connectivity index (χ1v) is 10.2. The first kappa shape index (κ1) is 24.7. The van der Waals surface area contributed by atoms with Gasteiger partial charge in [-0.2, -0.15) is 0 Å². The SMILES string of the molecule is CCOc1cccc(N(N)C(=O)N(C)N)c1COc1ccc(C(=N)/C=C(/C)NC)cc1C. The summed E-state index contributed by atoms with van der Waals surface area (Å²) in [5, 5.41) is 13.1. The molecule has 2 aromatic rings. The number of nitrogens with one attached hydrogen (secondary N) is 2. The van der Waals surface area contributed by atoms with Gasteiger partial charge in [-0.15, -0.1) is 0 Å². The van der Waals surface area contributed by atoms with E-state index in [1.165, 1.54) is 7.05 Å². The van der Waals surface area contributed by atoms with E-state index < -0.39 is 6.03 Å². The first-order chi connectivity index (χ1) is 15.2. The van der Waals surface area contributed by atoms with Crippen LogP contribution >= 0.6 is 0 Å². The lowest BCUT2D eigenvalue weighted by atomic mass is 10.1. The predicted molar refractivity (Wildman–Crippen MR) is 127 cm³/mol. The molecule has 0 aromatic heterocycles. The van der Waals surface area contributed by atoms with Gasteiger partial charge in [0.1, 0.15) is 18.1 Å². The summed E-state index contributed by atoms with van der Waals surface area (Å²) in [6, 6.07) is 10.2. The minimum Gasteiger partial charge on any atom is -0.493 e. The summed E-state index contributed by atoms with van der Waals surface area (Å²) < 4.78 is 11.8. The van der Waals surface area contributed by atoms with Gasteiger partial charge in [0.2, 0.25) is 0 Å². The van der Waals surface area contributed by atoms with Crippen LogP contribution in [0.25, 0.3) is 0 Å². The fourth-order valence-corrected chi connectivity index (χ4v) is 2.99. The Balaban J connectivity index is 2.31. The quantitative estimate of drug-likeness (QED) is 0.205. The Labute approximate surface area is 189 Å². The van der Waals surface area contributed by atoms with Crippen LogP contribution in [0.4, 0.5) is 10.5 Å². The standard InChI is InChI=1S/C23H32N6O3/c1-6-31-22-9-7-8-20(29(26)23(30)28(5)25)18(22)14-32-21-11-10-17(12-15(21)2)19(24)13-16(3)27-4/h7-13,24,27H,6,14,25-26H2,1-5H3/b16-13-,24-19?. The molecular formula is C23H32N6O3. The average molecular weight is 441 g/mol. The van der Waals surface area contributed by atoms with Crippen molar-refractivity contribution in [3.8, 4) is 11.5 Å². The lowest BCUT2D eigenvalue weighted by Crippen LogP contribution is -2.49. The summed E-state index contributed by atoms with van der Waals surface area (Å²) >= 11 is 0. The van der Waals surface area contributed by atoms with E-state index in [9.17, 15) is 4.79 Å². The second kappa shape index (κ2) is 11.2. The number of hydrazine groups is 2. The number of anilines is 1. The summed E-state index contributed by atoms with van der Waals surface area (Å²) in [6.07, 6.45) is 1.77. The molecule has 0 heterocycles. The predicted octanol–water partition coefficient (Wildman–Crippen LogP) is 3.07. The minimum absolute atomic E-state index is 0.122. The van der Waals surface area contributed by atoms with Gasteiger partial charge in [-0.25, -0.2) is 21.5 Å². The van der Waals surface area contributed by atoms with E-state index in [1.807, 2.05) is 46.0 Å². The number of carbonyl (C=O) groups is 1. The van der Waals surface area contributed by atoms with Crippen LogP contribution in [-0.2, 0) is 6.61 Å². The second-order valence-electron chi connectivity index (χ2n) is 7.21. The van der Waals surface area contributed by atoms with E-state index in [2.05, 4.69) is 5.32 Å². The van der Waals surface area contributed by atoms with E-state index in [0.717, 1.165) is 26.8 Å². The maximum atomic E-state index is 12.3. The highest BCUT2D eigenvalue weighted by molar-refractivity contribution is 6.07. The van der Waals surface area contributed by atoms with Crippen LogP contribution in [0.1, 0.15) is 30.5 Å². The number of benzene rings is 2. The van der Waals surface area contributed by atoms with Crippen LogP contribution in [0.15, 0.2) is 48.2 Å². The number of hydrogen-bond donors (Lipinski definition) is 4. The third-order valence-corrected chi connectivity index (χ3v) is 4.79. The molecule has 0 aliphatic heterocycles. The number of rotatable bonds is 9. The molecule has 0 radical (unpaired) electrons. The lowest BCUT2D eigenvalue weighted by molar-refractivity contribution is 0.216. The topological polar surface area (TPSA) is 130 Å². The van der Waals surface area contributed by atoms with Crippen molar-refractivity contribution in [2.75, 3.05) is 25.7 Å². The molecule has 0 fully saturated rings. The van der Waals surface area contributed by atoms with Crippen LogP contribution in [0.2, 0.25) is 0 Å². The Morgan fingerprint density at radius 2 is 1.91 bits per heavy atom. The summed E-state index contributed by atoms with van der Waals surface area (Å²) in [4.78, 5) is 12.3. The van der Waals surface area contributed by atoms with Gasteiger partial charge in [0, 0.05) is 19.8 Å². The maximum absolute atomic E-state index is 12.3. The fraction of sp³-hybridized carbons (Fsp3) is 0.304. The zero-order valence-electron chi connectivity index (χ0n) is 19.2. The molecule has 0 saturated carbocycles. The third kappa shape index (κ3) is 5.99. The Bertz CT molecular complexity index is 1000. The summed E-state index contributed by atoms with van der Waals surface area (Å²) in [6.45, 7) is 6.26. The molecule has 0 saturated heterocycles. The average Bonchev–Trinajstić information content (AvgIpc) is 2.77. The highest BCUT2D eigenvalue weighted by Crippen LogP contribution is 2.31. The smallest absolute Gasteiger partial charge is 0.352 e. The van der Waals surface area contributed by atoms with Crippen molar-refractivity contribution in [2.45, 2.75) is 27.4 Å². The van der Waals surface area contributed by atoms with Crippen LogP contribution in [-0.4, -0.2) is 37.5 Å². The number of allylic oxidation sites excluding steroid dienone is 2. The van der Waals surface area contributed by atoms with Gasteiger partial charge in [-0.1, -0.05) is 6.07 Å². The van der Waals surface area contributed by atoms with Crippen LogP contribution in [0.5, 0.6) is 11.5 Å². The van der Waals surface area contributed by atoms with Gasteiger partial charge >= 0.3 is 6.03 Å². The van der Waals surface area contributed by atoms with Crippen molar-refractivity contribution in [2.24, 2.45) is 11.7 Å². The minimum atomic E-state index is -0.580. The van der Waals surface area contributed by atoms with Crippen molar-refractivity contribution >= 4 is 17.4 Å². The normalized spacial score (nSPS) is 11.0. The van der Waals surface area contributed by atoms with Gasteiger partial charge in [-0.3, -0.25) is 5.01 Å². The number of aryl methyl sites for hydroxylation is 1.